The van der Waals surface area contributed by atoms with Crippen molar-refractivity contribution in [3.05, 3.63) is 65.5 Å². The maximum atomic E-state index is 12.3. The first-order valence-electron chi connectivity index (χ1n) is 9.54. The van der Waals surface area contributed by atoms with Crippen LogP contribution in [-0.4, -0.2) is 24.5 Å². The third-order valence-electron chi connectivity index (χ3n) is 4.79. The van der Waals surface area contributed by atoms with Gasteiger partial charge < -0.3 is 15.4 Å². The molecule has 0 radical (unpaired) electrons. The first-order chi connectivity index (χ1) is 13.3. The molecule has 27 heavy (non-hydrogen) atoms. The molecule has 5 nitrogen and oxygen atoms in total. The average Bonchev–Trinajstić information content (AvgIpc) is 2.73. The molecule has 1 amide bonds. The number of benzene rings is 1. The second-order valence-electron chi connectivity index (χ2n) is 6.71. The van der Waals surface area contributed by atoms with Crippen LogP contribution in [0.3, 0.4) is 0 Å². The number of allylic oxidation sites excluding steroid dienone is 1. The predicted molar refractivity (Wildman–Crippen MR) is 108 cm³/mol. The Labute approximate surface area is 160 Å². The molecule has 1 aliphatic carbocycles. The van der Waals surface area contributed by atoms with Gasteiger partial charge in [0.15, 0.2) is 0 Å². The molecule has 2 N–H and O–H groups in total. The van der Waals surface area contributed by atoms with Crippen LogP contribution in [0.4, 0.5) is 5.69 Å². The van der Waals surface area contributed by atoms with E-state index in [1.807, 2.05) is 30.3 Å². The maximum absolute atomic E-state index is 12.3. The number of hydrogen-bond donors (Lipinski definition) is 2. The summed E-state index contributed by atoms with van der Waals surface area (Å²) in [6.07, 6.45) is 10.2. The second-order valence-corrected chi connectivity index (χ2v) is 6.71. The van der Waals surface area contributed by atoms with Crippen LogP contribution in [0, 0.1) is 0 Å². The standard InChI is InChI=1S/C22H27N3O2/c1-27-21-10-6-5-9-18(21)15-25-22(26)20-12-11-19(16-24-20)23-14-13-17-7-3-2-4-8-17/h5-7,9-12,16,23H,2-4,8,13-15H2,1H3,(H,25,26). The highest BCUT2D eigenvalue weighted by atomic mass is 16.5. The Balaban J connectivity index is 1.47. The Morgan fingerprint density at radius 1 is 1.19 bits per heavy atom. The summed E-state index contributed by atoms with van der Waals surface area (Å²) in [4.78, 5) is 16.6. The number of rotatable bonds is 8. The molecule has 0 atom stereocenters. The van der Waals surface area contributed by atoms with Gasteiger partial charge in [0.25, 0.3) is 5.91 Å². The van der Waals surface area contributed by atoms with Gasteiger partial charge in [-0.25, -0.2) is 4.98 Å². The summed E-state index contributed by atoms with van der Waals surface area (Å²) in [5, 5.41) is 6.27. The van der Waals surface area contributed by atoms with E-state index in [9.17, 15) is 4.79 Å². The quantitative estimate of drug-likeness (QED) is 0.684. The van der Waals surface area contributed by atoms with Gasteiger partial charge in [0.1, 0.15) is 11.4 Å². The average molecular weight is 365 g/mol. The minimum absolute atomic E-state index is 0.195. The van der Waals surface area contributed by atoms with Crippen molar-refractivity contribution in [2.45, 2.75) is 38.6 Å². The number of hydrogen-bond acceptors (Lipinski definition) is 4. The van der Waals surface area contributed by atoms with E-state index in [1.165, 1.54) is 25.7 Å². The van der Waals surface area contributed by atoms with E-state index in [2.05, 4.69) is 21.7 Å². The van der Waals surface area contributed by atoms with Gasteiger partial charge in [0.05, 0.1) is 19.0 Å². The van der Waals surface area contributed by atoms with Crippen LogP contribution in [0.25, 0.3) is 0 Å². The number of ether oxygens (including phenoxy) is 1. The first-order valence-corrected chi connectivity index (χ1v) is 9.54. The highest BCUT2D eigenvalue weighted by Gasteiger charge is 2.09. The lowest BCUT2D eigenvalue weighted by molar-refractivity contribution is 0.0945. The number of carbonyl (C=O) groups is 1. The normalized spacial score (nSPS) is 13.6. The van der Waals surface area contributed by atoms with Gasteiger partial charge in [-0.15, -0.1) is 0 Å². The molecule has 1 aliphatic rings. The minimum Gasteiger partial charge on any atom is -0.496 e. The molecule has 142 valence electrons. The molecule has 5 heteroatoms. The summed E-state index contributed by atoms with van der Waals surface area (Å²) in [7, 11) is 1.62. The number of aromatic nitrogens is 1. The van der Waals surface area contributed by atoms with Gasteiger partial charge >= 0.3 is 0 Å². The van der Waals surface area contributed by atoms with Gasteiger partial charge in [0.2, 0.25) is 0 Å². The number of nitrogens with one attached hydrogen (secondary N) is 2. The highest BCUT2D eigenvalue weighted by molar-refractivity contribution is 5.92. The molecule has 3 rings (SSSR count). The van der Waals surface area contributed by atoms with Crippen molar-refractivity contribution in [2.24, 2.45) is 0 Å². The smallest absolute Gasteiger partial charge is 0.270 e. The lowest BCUT2D eigenvalue weighted by Crippen LogP contribution is -2.24. The van der Waals surface area contributed by atoms with Crippen molar-refractivity contribution in [1.82, 2.24) is 10.3 Å². The number of amides is 1. The summed E-state index contributed by atoms with van der Waals surface area (Å²) >= 11 is 0. The molecule has 0 unspecified atom stereocenters. The van der Waals surface area contributed by atoms with Gasteiger partial charge in [0, 0.05) is 18.7 Å². The predicted octanol–water partition coefficient (Wildman–Crippen LogP) is 4.32. The molecule has 0 saturated carbocycles. The van der Waals surface area contributed by atoms with E-state index in [4.69, 9.17) is 4.74 Å². The summed E-state index contributed by atoms with van der Waals surface area (Å²) in [6.45, 7) is 1.30. The van der Waals surface area contributed by atoms with Crippen LogP contribution in [0.15, 0.2) is 54.2 Å². The minimum atomic E-state index is -0.195. The summed E-state index contributed by atoms with van der Waals surface area (Å²) in [6, 6.07) is 11.3. The van der Waals surface area contributed by atoms with Crippen LogP contribution in [0.5, 0.6) is 5.75 Å². The Morgan fingerprint density at radius 2 is 2.07 bits per heavy atom. The lowest BCUT2D eigenvalue weighted by atomic mass is 9.97. The molecule has 1 heterocycles. The number of nitrogens with zero attached hydrogens (tertiary/aromatic N) is 1. The molecule has 0 saturated heterocycles. The Morgan fingerprint density at radius 3 is 2.81 bits per heavy atom. The van der Waals surface area contributed by atoms with Crippen LogP contribution >= 0.6 is 0 Å². The van der Waals surface area contributed by atoms with E-state index in [0.717, 1.165) is 30.0 Å². The molecule has 0 bridgehead atoms. The van der Waals surface area contributed by atoms with Crippen molar-refractivity contribution < 1.29 is 9.53 Å². The van der Waals surface area contributed by atoms with E-state index >= 15 is 0 Å². The molecule has 2 aromatic rings. The van der Waals surface area contributed by atoms with Gasteiger partial charge in [-0.05, 0) is 50.3 Å². The molecule has 1 aromatic heterocycles. The van der Waals surface area contributed by atoms with Crippen LogP contribution in [0.1, 0.15) is 48.2 Å². The lowest BCUT2D eigenvalue weighted by Gasteiger charge is -2.13. The third kappa shape index (κ3) is 5.58. The zero-order chi connectivity index (χ0) is 18.9. The fourth-order valence-corrected chi connectivity index (χ4v) is 3.25. The van der Waals surface area contributed by atoms with Gasteiger partial charge in [-0.2, -0.15) is 0 Å². The number of para-hydroxylation sites is 1. The fourth-order valence-electron chi connectivity index (χ4n) is 3.25. The molecule has 0 fully saturated rings. The van der Waals surface area contributed by atoms with E-state index in [-0.39, 0.29) is 5.91 Å². The van der Waals surface area contributed by atoms with Crippen molar-refractivity contribution in [1.29, 1.82) is 0 Å². The maximum Gasteiger partial charge on any atom is 0.270 e. The molecular formula is C22H27N3O2. The van der Waals surface area contributed by atoms with E-state index in [0.29, 0.717) is 12.2 Å². The molecule has 0 spiro atoms. The summed E-state index contributed by atoms with van der Waals surface area (Å²) < 4.78 is 5.30. The molecule has 1 aromatic carbocycles. The first kappa shape index (κ1) is 19.0. The Bertz CT molecular complexity index is 784. The van der Waals surface area contributed by atoms with E-state index < -0.39 is 0 Å². The van der Waals surface area contributed by atoms with E-state index in [1.54, 1.807) is 24.9 Å². The summed E-state index contributed by atoms with van der Waals surface area (Å²) in [5.41, 5.74) is 3.83. The summed E-state index contributed by atoms with van der Waals surface area (Å²) in [5.74, 6) is 0.568. The Kier molecular flexibility index (Phi) is 6.85. The monoisotopic (exact) mass is 365 g/mol. The number of anilines is 1. The zero-order valence-corrected chi connectivity index (χ0v) is 15.8. The van der Waals surface area contributed by atoms with Gasteiger partial charge in [-0.1, -0.05) is 29.8 Å². The molecular weight excluding hydrogens is 338 g/mol. The third-order valence-corrected chi connectivity index (χ3v) is 4.79. The number of methoxy groups -OCH3 is 1. The van der Waals surface area contributed by atoms with Crippen molar-refractivity contribution >= 4 is 11.6 Å². The number of carbonyl (C=O) groups excluding carboxylic acids is 1. The highest BCUT2D eigenvalue weighted by Crippen LogP contribution is 2.20. The van der Waals surface area contributed by atoms with Crippen molar-refractivity contribution in [3.8, 4) is 5.75 Å². The second kappa shape index (κ2) is 9.76. The van der Waals surface area contributed by atoms with Crippen molar-refractivity contribution in [3.63, 3.8) is 0 Å². The fraction of sp³-hybridized carbons (Fsp3) is 0.364. The van der Waals surface area contributed by atoms with Crippen LogP contribution in [0.2, 0.25) is 0 Å². The Hall–Kier alpha value is -2.82. The van der Waals surface area contributed by atoms with Crippen molar-refractivity contribution in [2.75, 3.05) is 19.0 Å². The zero-order valence-electron chi connectivity index (χ0n) is 15.8. The number of pyridine rings is 1. The van der Waals surface area contributed by atoms with Crippen LogP contribution < -0.4 is 15.4 Å². The SMILES string of the molecule is COc1ccccc1CNC(=O)c1ccc(NCCC2=CCCCC2)cn1. The topological polar surface area (TPSA) is 63.2 Å². The largest absolute Gasteiger partial charge is 0.496 e. The van der Waals surface area contributed by atoms with Gasteiger partial charge in [-0.3, -0.25) is 4.79 Å². The molecule has 0 aliphatic heterocycles. The van der Waals surface area contributed by atoms with Crippen LogP contribution in [-0.2, 0) is 6.54 Å².